The number of halogens is 1. The molecule has 8 nitrogen and oxygen atoms in total. The van der Waals surface area contributed by atoms with Gasteiger partial charge < -0.3 is 14.5 Å². The van der Waals surface area contributed by atoms with Gasteiger partial charge in [0.05, 0.1) is 17.7 Å². The van der Waals surface area contributed by atoms with E-state index >= 15 is 0 Å². The molecule has 29 heavy (non-hydrogen) atoms. The fourth-order valence-corrected chi connectivity index (χ4v) is 3.26. The number of amides is 1. The van der Waals surface area contributed by atoms with Crippen LogP contribution in [-0.4, -0.2) is 38.5 Å². The Balaban J connectivity index is 1.55. The van der Waals surface area contributed by atoms with Gasteiger partial charge in [-0.25, -0.2) is 4.39 Å². The zero-order valence-electron chi connectivity index (χ0n) is 15.8. The van der Waals surface area contributed by atoms with Crippen molar-refractivity contribution < 1.29 is 23.1 Å². The molecule has 0 aliphatic heterocycles. The maximum Gasteiger partial charge on any atom is 0.317 e. The summed E-state index contributed by atoms with van der Waals surface area (Å²) in [7, 11) is 0. The molecular weight excluding hydrogens is 399 g/mol. The average Bonchev–Trinajstić information content (AvgIpc) is 3.37. The highest BCUT2D eigenvalue weighted by atomic mass is 32.2. The molecule has 3 aromatic rings. The summed E-state index contributed by atoms with van der Waals surface area (Å²) < 4.78 is 25.9. The molecule has 0 bridgehead atoms. The molecule has 0 saturated carbocycles. The normalized spacial score (nSPS) is 11.8. The molecular formula is C19H19FN4O4S. The highest BCUT2D eigenvalue weighted by molar-refractivity contribution is 7.99. The summed E-state index contributed by atoms with van der Waals surface area (Å²) in [5.74, 6) is -0.714. The number of esters is 1. The topological polar surface area (TPSA) is 99.2 Å². The van der Waals surface area contributed by atoms with Crippen LogP contribution in [0.15, 0.2) is 52.2 Å². The number of thioether (sulfide) groups is 1. The van der Waals surface area contributed by atoms with E-state index in [2.05, 4.69) is 15.5 Å². The van der Waals surface area contributed by atoms with E-state index in [-0.39, 0.29) is 11.4 Å². The SMILES string of the molecule is CCn1c(SCC(=O)O[C@H](C)C(=O)Nc2ccccc2F)nnc1-c1ccco1. The molecule has 0 aliphatic rings. The third-order valence-corrected chi connectivity index (χ3v) is 4.84. The monoisotopic (exact) mass is 418 g/mol. The van der Waals surface area contributed by atoms with Crippen LogP contribution in [0.25, 0.3) is 11.6 Å². The highest BCUT2D eigenvalue weighted by Crippen LogP contribution is 2.24. The quantitative estimate of drug-likeness (QED) is 0.442. The van der Waals surface area contributed by atoms with E-state index in [0.29, 0.717) is 23.3 Å². The van der Waals surface area contributed by atoms with Gasteiger partial charge in [-0.1, -0.05) is 23.9 Å². The van der Waals surface area contributed by atoms with Gasteiger partial charge in [0.25, 0.3) is 5.91 Å². The number of nitrogens with zero attached hydrogens (tertiary/aromatic N) is 3. The first-order valence-electron chi connectivity index (χ1n) is 8.84. The number of benzene rings is 1. The van der Waals surface area contributed by atoms with Crippen molar-refractivity contribution in [2.24, 2.45) is 0 Å². The van der Waals surface area contributed by atoms with Gasteiger partial charge in [-0.3, -0.25) is 14.2 Å². The van der Waals surface area contributed by atoms with Gasteiger partial charge in [-0.05, 0) is 38.1 Å². The van der Waals surface area contributed by atoms with Crippen LogP contribution in [0.5, 0.6) is 0 Å². The first-order valence-corrected chi connectivity index (χ1v) is 9.83. The smallest absolute Gasteiger partial charge is 0.317 e. The Morgan fingerprint density at radius 2 is 2.07 bits per heavy atom. The number of ether oxygens (including phenoxy) is 1. The second-order valence-corrected chi connectivity index (χ2v) is 6.86. The lowest BCUT2D eigenvalue weighted by Crippen LogP contribution is -2.30. The largest absolute Gasteiger partial charge is 0.461 e. The van der Waals surface area contributed by atoms with Crippen LogP contribution in [0.2, 0.25) is 0 Å². The zero-order chi connectivity index (χ0) is 20.8. The van der Waals surface area contributed by atoms with Crippen molar-refractivity contribution >= 4 is 29.3 Å². The minimum Gasteiger partial charge on any atom is -0.461 e. The number of aromatic nitrogens is 3. The predicted molar refractivity (Wildman–Crippen MR) is 105 cm³/mol. The zero-order valence-corrected chi connectivity index (χ0v) is 16.6. The van der Waals surface area contributed by atoms with Crippen molar-refractivity contribution in [2.45, 2.75) is 31.7 Å². The van der Waals surface area contributed by atoms with Gasteiger partial charge >= 0.3 is 5.97 Å². The van der Waals surface area contributed by atoms with Crippen LogP contribution in [0.3, 0.4) is 0 Å². The Morgan fingerprint density at radius 1 is 1.28 bits per heavy atom. The molecule has 3 rings (SSSR count). The van der Waals surface area contributed by atoms with Crippen LogP contribution in [0, 0.1) is 5.82 Å². The molecule has 1 N–H and O–H groups in total. The number of hydrogen-bond donors (Lipinski definition) is 1. The minimum atomic E-state index is -1.08. The standard InChI is InChI=1S/C19H19FN4O4S/c1-3-24-17(15-9-6-10-27-15)22-23-19(24)29-11-16(25)28-12(2)18(26)21-14-8-5-4-7-13(14)20/h4-10,12H,3,11H2,1-2H3,(H,21,26)/t12-/m1/s1. The molecule has 0 fully saturated rings. The van der Waals surface area contributed by atoms with Gasteiger partial charge in [0.2, 0.25) is 0 Å². The number of anilines is 1. The number of nitrogens with one attached hydrogen (secondary N) is 1. The van der Waals surface area contributed by atoms with Crippen LogP contribution < -0.4 is 5.32 Å². The van der Waals surface area contributed by atoms with E-state index in [0.717, 1.165) is 11.8 Å². The summed E-state index contributed by atoms with van der Waals surface area (Å²) in [6, 6.07) is 9.27. The van der Waals surface area contributed by atoms with Crippen molar-refractivity contribution in [3.05, 3.63) is 48.5 Å². The third-order valence-electron chi connectivity index (χ3n) is 3.90. The number of para-hydroxylation sites is 1. The molecule has 1 amide bonds. The van der Waals surface area contributed by atoms with E-state index in [1.54, 1.807) is 24.5 Å². The molecule has 0 unspecified atom stereocenters. The first kappa shape index (κ1) is 20.6. The van der Waals surface area contributed by atoms with Crippen molar-refractivity contribution in [3.8, 4) is 11.6 Å². The lowest BCUT2D eigenvalue weighted by Gasteiger charge is -2.13. The number of rotatable bonds is 8. The van der Waals surface area contributed by atoms with Gasteiger partial charge in [0.1, 0.15) is 5.82 Å². The Bertz CT molecular complexity index is 990. The van der Waals surface area contributed by atoms with Gasteiger partial charge in [-0.15, -0.1) is 10.2 Å². The summed E-state index contributed by atoms with van der Waals surface area (Å²) in [5.41, 5.74) is 0.0243. The average molecular weight is 418 g/mol. The van der Waals surface area contributed by atoms with Crippen LogP contribution in [0.1, 0.15) is 13.8 Å². The number of carbonyl (C=O) groups is 2. The summed E-state index contributed by atoms with van der Waals surface area (Å²) in [6.07, 6.45) is 0.465. The maximum atomic E-state index is 13.6. The second-order valence-electron chi connectivity index (χ2n) is 5.92. The fourth-order valence-electron chi connectivity index (χ4n) is 2.47. The molecule has 1 atom stereocenters. The molecule has 10 heteroatoms. The molecule has 0 spiro atoms. The van der Waals surface area contributed by atoms with Gasteiger partial charge in [0, 0.05) is 6.54 Å². The van der Waals surface area contributed by atoms with Crippen molar-refractivity contribution in [3.63, 3.8) is 0 Å². The van der Waals surface area contributed by atoms with E-state index in [1.165, 1.54) is 25.1 Å². The summed E-state index contributed by atoms with van der Waals surface area (Å²) >= 11 is 1.14. The molecule has 0 radical (unpaired) electrons. The van der Waals surface area contributed by atoms with Gasteiger partial charge in [0.15, 0.2) is 22.8 Å². The fraction of sp³-hybridized carbons (Fsp3) is 0.263. The lowest BCUT2D eigenvalue weighted by atomic mass is 10.3. The maximum absolute atomic E-state index is 13.6. The van der Waals surface area contributed by atoms with Crippen LogP contribution in [0.4, 0.5) is 10.1 Å². The van der Waals surface area contributed by atoms with Crippen LogP contribution >= 0.6 is 11.8 Å². The minimum absolute atomic E-state index is 0.0243. The molecule has 2 heterocycles. The predicted octanol–water partition coefficient (Wildman–Crippen LogP) is 3.36. The molecule has 0 saturated heterocycles. The number of furan rings is 1. The Kier molecular flexibility index (Phi) is 6.65. The molecule has 2 aromatic heterocycles. The molecule has 0 aliphatic carbocycles. The number of carbonyl (C=O) groups excluding carboxylic acids is 2. The Labute approximate surface area is 170 Å². The first-order chi connectivity index (χ1) is 14.0. The van der Waals surface area contributed by atoms with Crippen molar-refractivity contribution in [1.82, 2.24) is 14.8 Å². The Morgan fingerprint density at radius 3 is 2.76 bits per heavy atom. The van der Waals surface area contributed by atoms with Crippen molar-refractivity contribution in [1.29, 1.82) is 0 Å². The van der Waals surface area contributed by atoms with E-state index in [1.807, 2.05) is 11.5 Å². The third kappa shape index (κ3) is 5.02. The van der Waals surface area contributed by atoms with E-state index in [9.17, 15) is 14.0 Å². The summed E-state index contributed by atoms with van der Waals surface area (Å²) in [6.45, 7) is 3.93. The summed E-state index contributed by atoms with van der Waals surface area (Å²) in [5, 5.41) is 11.1. The van der Waals surface area contributed by atoms with Crippen LogP contribution in [-0.2, 0) is 20.9 Å². The summed E-state index contributed by atoms with van der Waals surface area (Å²) in [4.78, 5) is 24.2. The molecule has 1 aromatic carbocycles. The second kappa shape index (κ2) is 9.37. The van der Waals surface area contributed by atoms with E-state index in [4.69, 9.17) is 9.15 Å². The van der Waals surface area contributed by atoms with E-state index < -0.39 is 23.8 Å². The lowest BCUT2D eigenvalue weighted by molar-refractivity contribution is -0.150. The van der Waals surface area contributed by atoms with Crippen molar-refractivity contribution in [2.75, 3.05) is 11.1 Å². The number of hydrogen-bond acceptors (Lipinski definition) is 7. The Hall–Kier alpha value is -3.14. The molecule has 152 valence electrons. The highest BCUT2D eigenvalue weighted by Gasteiger charge is 2.21. The van der Waals surface area contributed by atoms with Gasteiger partial charge in [-0.2, -0.15) is 0 Å².